The highest BCUT2D eigenvalue weighted by Crippen LogP contribution is 2.23. The van der Waals surface area contributed by atoms with Gasteiger partial charge >= 0.3 is 6.36 Å². The van der Waals surface area contributed by atoms with Crippen molar-refractivity contribution in [1.82, 2.24) is 10.2 Å². The average molecular weight is 441 g/mol. The molecule has 162 valence electrons. The standard InChI is InChI=1S/C22H24ClF3N2O2/c23-18-7-3-16(4-8-18)13-19(15-28-11-1-2-12-28)27-21(29)14-17-5-9-20(10-6-17)30-22(24,25)26/h3-10,19H,1-2,11-15H2,(H,27,29)/t19-/m0/s1. The normalized spacial score (nSPS) is 15.7. The number of rotatable bonds is 8. The molecule has 8 heteroatoms. The van der Waals surface area contributed by atoms with Gasteiger partial charge in [0.25, 0.3) is 0 Å². The smallest absolute Gasteiger partial charge is 0.406 e. The van der Waals surface area contributed by atoms with Crippen LogP contribution in [0.5, 0.6) is 5.75 Å². The van der Waals surface area contributed by atoms with E-state index in [-0.39, 0.29) is 24.1 Å². The van der Waals surface area contributed by atoms with Crippen LogP contribution in [0.4, 0.5) is 13.2 Å². The lowest BCUT2D eigenvalue weighted by Crippen LogP contribution is -2.45. The predicted octanol–water partition coefficient (Wildman–Crippen LogP) is 4.60. The molecule has 1 N–H and O–H groups in total. The number of benzene rings is 2. The number of likely N-dealkylation sites (tertiary alicyclic amines) is 1. The molecule has 0 bridgehead atoms. The molecule has 4 nitrogen and oxygen atoms in total. The Morgan fingerprint density at radius 1 is 1.03 bits per heavy atom. The summed E-state index contributed by atoms with van der Waals surface area (Å²) in [5.74, 6) is -0.473. The van der Waals surface area contributed by atoms with Crippen molar-refractivity contribution >= 4 is 17.5 Å². The number of amides is 1. The summed E-state index contributed by atoms with van der Waals surface area (Å²) in [7, 11) is 0. The lowest BCUT2D eigenvalue weighted by molar-refractivity contribution is -0.274. The average Bonchev–Trinajstić information content (AvgIpc) is 3.17. The molecular weight excluding hydrogens is 417 g/mol. The van der Waals surface area contributed by atoms with Gasteiger partial charge in [0.2, 0.25) is 5.91 Å². The fourth-order valence-electron chi connectivity index (χ4n) is 3.62. The summed E-state index contributed by atoms with van der Waals surface area (Å²) in [6.07, 6.45) is -1.65. The summed E-state index contributed by atoms with van der Waals surface area (Å²) in [4.78, 5) is 14.9. The Labute approximate surface area is 179 Å². The van der Waals surface area contributed by atoms with Crippen molar-refractivity contribution in [2.75, 3.05) is 19.6 Å². The maximum atomic E-state index is 12.6. The molecule has 1 aliphatic heterocycles. The van der Waals surface area contributed by atoms with Crippen molar-refractivity contribution in [3.63, 3.8) is 0 Å². The molecular formula is C22H24ClF3N2O2. The van der Waals surface area contributed by atoms with Gasteiger partial charge in [-0.15, -0.1) is 13.2 Å². The highest BCUT2D eigenvalue weighted by atomic mass is 35.5. The van der Waals surface area contributed by atoms with Crippen LogP contribution in [0.1, 0.15) is 24.0 Å². The number of nitrogens with zero attached hydrogens (tertiary/aromatic N) is 1. The molecule has 0 radical (unpaired) electrons. The van der Waals surface area contributed by atoms with Crippen LogP contribution in [0.2, 0.25) is 5.02 Å². The first-order chi connectivity index (χ1) is 14.3. The van der Waals surface area contributed by atoms with Crippen LogP contribution in [-0.4, -0.2) is 42.8 Å². The zero-order valence-corrected chi connectivity index (χ0v) is 17.2. The van der Waals surface area contributed by atoms with E-state index in [1.807, 2.05) is 24.3 Å². The van der Waals surface area contributed by atoms with E-state index >= 15 is 0 Å². The van der Waals surface area contributed by atoms with Crippen LogP contribution in [0, 0.1) is 0 Å². The van der Waals surface area contributed by atoms with Crippen molar-refractivity contribution in [3.05, 3.63) is 64.7 Å². The number of hydrogen-bond acceptors (Lipinski definition) is 3. The van der Waals surface area contributed by atoms with Gasteiger partial charge in [-0.2, -0.15) is 0 Å². The van der Waals surface area contributed by atoms with Gasteiger partial charge in [-0.05, 0) is 67.7 Å². The first-order valence-electron chi connectivity index (χ1n) is 9.88. The van der Waals surface area contributed by atoms with Crippen LogP contribution in [0.3, 0.4) is 0 Å². The quantitative estimate of drug-likeness (QED) is 0.652. The molecule has 2 aromatic carbocycles. The summed E-state index contributed by atoms with van der Waals surface area (Å²) in [6, 6.07) is 12.9. The van der Waals surface area contributed by atoms with Crippen molar-refractivity contribution in [2.24, 2.45) is 0 Å². The SMILES string of the molecule is O=C(Cc1ccc(OC(F)(F)F)cc1)N[C@@H](Cc1ccc(Cl)cc1)CN1CCCC1. The molecule has 0 aliphatic carbocycles. The fourth-order valence-corrected chi connectivity index (χ4v) is 3.74. The van der Waals surface area contributed by atoms with Gasteiger partial charge in [-0.25, -0.2) is 0 Å². The molecule has 0 spiro atoms. The van der Waals surface area contributed by atoms with Crippen LogP contribution in [0.15, 0.2) is 48.5 Å². The van der Waals surface area contributed by atoms with Crippen LogP contribution < -0.4 is 10.1 Å². The largest absolute Gasteiger partial charge is 0.573 e. The summed E-state index contributed by atoms with van der Waals surface area (Å²) in [6.45, 7) is 2.80. The first-order valence-corrected chi connectivity index (χ1v) is 10.3. The third kappa shape index (κ3) is 7.54. The van der Waals surface area contributed by atoms with Crippen molar-refractivity contribution in [1.29, 1.82) is 0 Å². The van der Waals surface area contributed by atoms with Gasteiger partial charge in [-0.1, -0.05) is 35.9 Å². The van der Waals surface area contributed by atoms with E-state index in [4.69, 9.17) is 11.6 Å². The van der Waals surface area contributed by atoms with E-state index in [1.54, 1.807) is 0 Å². The number of halogens is 4. The van der Waals surface area contributed by atoms with Gasteiger partial charge in [0.1, 0.15) is 5.75 Å². The Balaban J connectivity index is 1.59. The lowest BCUT2D eigenvalue weighted by Gasteiger charge is -2.25. The van der Waals surface area contributed by atoms with E-state index in [2.05, 4.69) is 15.0 Å². The number of hydrogen-bond donors (Lipinski definition) is 1. The van der Waals surface area contributed by atoms with Crippen molar-refractivity contribution < 1.29 is 22.7 Å². The Morgan fingerprint density at radius 2 is 1.63 bits per heavy atom. The minimum absolute atomic E-state index is 0.0652. The van der Waals surface area contributed by atoms with Gasteiger partial charge in [0.05, 0.1) is 6.42 Å². The third-order valence-electron chi connectivity index (χ3n) is 4.96. The molecule has 0 saturated carbocycles. The number of nitrogens with one attached hydrogen (secondary N) is 1. The maximum Gasteiger partial charge on any atom is 0.573 e. The van der Waals surface area contributed by atoms with Gasteiger partial charge < -0.3 is 15.0 Å². The van der Waals surface area contributed by atoms with Crippen molar-refractivity contribution in [2.45, 2.75) is 38.1 Å². The highest BCUT2D eigenvalue weighted by molar-refractivity contribution is 6.30. The molecule has 1 heterocycles. The summed E-state index contributed by atoms with van der Waals surface area (Å²) in [5.41, 5.74) is 1.70. The molecule has 1 amide bonds. The monoisotopic (exact) mass is 440 g/mol. The van der Waals surface area contributed by atoms with E-state index in [0.29, 0.717) is 17.0 Å². The zero-order valence-electron chi connectivity index (χ0n) is 16.4. The number of ether oxygens (including phenoxy) is 1. The molecule has 30 heavy (non-hydrogen) atoms. The van der Waals surface area contributed by atoms with Gasteiger partial charge in [0, 0.05) is 17.6 Å². The fraction of sp³-hybridized carbons (Fsp3) is 0.409. The summed E-state index contributed by atoms with van der Waals surface area (Å²) in [5, 5.41) is 3.75. The highest BCUT2D eigenvalue weighted by Gasteiger charge is 2.31. The minimum atomic E-state index is -4.73. The van der Waals surface area contributed by atoms with Crippen LogP contribution >= 0.6 is 11.6 Å². The van der Waals surface area contributed by atoms with Gasteiger partial charge in [-0.3, -0.25) is 4.79 Å². The number of alkyl halides is 3. The third-order valence-corrected chi connectivity index (χ3v) is 5.21. The van der Waals surface area contributed by atoms with E-state index < -0.39 is 6.36 Å². The Morgan fingerprint density at radius 3 is 2.23 bits per heavy atom. The lowest BCUT2D eigenvalue weighted by atomic mass is 10.0. The predicted molar refractivity (Wildman–Crippen MR) is 110 cm³/mol. The van der Waals surface area contributed by atoms with Gasteiger partial charge in [0.15, 0.2) is 0 Å². The second kappa shape index (κ2) is 10.2. The second-order valence-electron chi connectivity index (χ2n) is 7.47. The summed E-state index contributed by atoms with van der Waals surface area (Å²) < 4.78 is 40.7. The van der Waals surface area contributed by atoms with Crippen LogP contribution in [0.25, 0.3) is 0 Å². The van der Waals surface area contributed by atoms with Crippen molar-refractivity contribution in [3.8, 4) is 5.75 Å². The van der Waals surface area contributed by atoms with E-state index in [0.717, 1.165) is 38.0 Å². The minimum Gasteiger partial charge on any atom is -0.406 e. The summed E-state index contributed by atoms with van der Waals surface area (Å²) >= 11 is 5.96. The molecule has 2 aromatic rings. The van der Waals surface area contributed by atoms with Crippen LogP contribution in [-0.2, 0) is 17.6 Å². The molecule has 1 aliphatic rings. The Hall–Kier alpha value is -2.25. The van der Waals surface area contributed by atoms with E-state index in [9.17, 15) is 18.0 Å². The zero-order chi connectivity index (χ0) is 21.6. The molecule has 0 unspecified atom stereocenters. The second-order valence-corrected chi connectivity index (χ2v) is 7.91. The maximum absolute atomic E-state index is 12.6. The molecule has 1 atom stereocenters. The molecule has 3 rings (SSSR count). The Kier molecular flexibility index (Phi) is 7.61. The molecule has 0 aromatic heterocycles. The topological polar surface area (TPSA) is 41.6 Å². The number of carbonyl (C=O) groups excluding carboxylic acids is 1. The Bertz CT molecular complexity index is 820. The number of carbonyl (C=O) groups is 1. The van der Waals surface area contributed by atoms with E-state index in [1.165, 1.54) is 24.3 Å². The molecule has 1 fully saturated rings. The molecule has 1 saturated heterocycles. The first kappa shape index (κ1) is 22.4.